The van der Waals surface area contributed by atoms with E-state index in [0.29, 0.717) is 6.42 Å². The van der Waals surface area contributed by atoms with Crippen LogP contribution >= 0.6 is 0 Å². The second-order valence-electron chi connectivity index (χ2n) is 5.72. The summed E-state index contributed by atoms with van der Waals surface area (Å²) in [6, 6.07) is 6.34. The lowest BCUT2D eigenvalue weighted by Crippen LogP contribution is -2.46. The zero-order chi connectivity index (χ0) is 15.2. The molecule has 0 unspecified atom stereocenters. The van der Waals surface area contributed by atoms with Gasteiger partial charge in [0, 0.05) is 44.0 Å². The molecule has 0 radical (unpaired) electrons. The number of piperazine rings is 1. The van der Waals surface area contributed by atoms with E-state index >= 15 is 0 Å². The molecule has 2 rings (SSSR count). The Morgan fingerprint density at radius 1 is 1.19 bits per heavy atom. The highest BCUT2D eigenvalue weighted by molar-refractivity contribution is 5.91. The van der Waals surface area contributed by atoms with E-state index in [-0.39, 0.29) is 5.91 Å². The molecule has 1 heterocycles. The van der Waals surface area contributed by atoms with Crippen LogP contribution in [0.2, 0.25) is 0 Å². The van der Waals surface area contributed by atoms with Crippen LogP contribution in [-0.4, -0.2) is 43.5 Å². The third-order valence-corrected chi connectivity index (χ3v) is 4.15. The second-order valence-corrected chi connectivity index (χ2v) is 5.72. The van der Waals surface area contributed by atoms with E-state index in [1.165, 1.54) is 5.69 Å². The van der Waals surface area contributed by atoms with Crippen molar-refractivity contribution in [3.63, 3.8) is 0 Å². The van der Waals surface area contributed by atoms with Gasteiger partial charge in [-0.15, -0.1) is 0 Å². The fraction of sp³-hybridized carbons (Fsp3) is 0.588. The number of likely N-dealkylation sites (N-methyl/N-ethyl adjacent to an activating group) is 1. The van der Waals surface area contributed by atoms with Crippen LogP contribution in [-0.2, 0) is 4.79 Å². The van der Waals surface area contributed by atoms with Gasteiger partial charge in [0.1, 0.15) is 0 Å². The number of nitrogens with zero attached hydrogens (tertiary/aromatic N) is 2. The second kappa shape index (κ2) is 7.46. The largest absolute Gasteiger partial charge is 0.369 e. The standard InChI is InChI=1S/C17H27N3O/c1-4-6-17(21)18-16-8-7-15(13-14(16)3)20-11-9-19(5-2)10-12-20/h7-8,13H,4-6,9-12H2,1-3H3,(H,18,21). The third kappa shape index (κ3) is 4.21. The Hall–Kier alpha value is -1.55. The minimum absolute atomic E-state index is 0.102. The molecule has 4 nitrogen and oxygen atoms in total. The number of aryl methyl sites for hydroxylation is 1. The summed E-state index contributed by atoms with van der Waals surface area (Å²) in [5, 5.41) is 2.99. The van der Waals surface area contributed by atoms with Gasteiger partial charge in [0.25, 0.3) is 0 Å². The molecule has 1 saturated heterocycles. The Morgan fingerprint density at radius 3 is 2.48 bits per heavy atom. The number of rotatable bonds is 5. The van der Waals surface area contributed by atoms with Gasteiger partial charge in [-0.25, -0.2) is 0 Å². The number of carbonyl (C=O) groups is 1. The summed E-state index contributed by atoms with van der Waals surface area (Å²) in [6.07, 6.45) is 1.46. The van der Waals surface area contributed by atoms with Crippen molar-refractivity contribution >= 4 is 17.3 Å². The molecule has 1 aromatic carbocycles. The molecule has 1 aliphatic rings. The van der Waals surface area contributed by atoms with Gasteiger partial charge in [-0.3, -0.25) is 4.79 Å². The summed E-state index contributed by atoms with van der Waals surface area (Å²) in [7, 11) is 0. The van der Waals surface area contributed by atoms with Crippen molar-refractivity contribution < 1.29 is 4.79 Å². The number of amides is 1. The van der Waals surface area contributed by atoms with E-state index in [4.69, 9.17) is 0 Å². The van der Waals surface area contributed by atoms with Crippen LogP contribution in [0.4, 0.5) is 11.4 Å². The van der Waals surface area contributed by atoms with Crippen LogP contribution in [0.1, 0.15) is 32.3 Å². The molecule has 1 N–H and O–H groups in total. The summed E-state index contributed by atoms with van der Waals surface area (Å²) in [5.74, 6) is 0.102. The summed E-state index contributed by atoms with van der Waals surface area (Å²) >= 11 is 0. The number of carbonyl (C=O) groups excluding carboxylic acids is 1. The van der Waals surface area contributed by atoms with E-state index in [1.807, 2.05) is 13.0 Å². The molecule has 1 aliphatic heterocycles. The van der Waals surface area contributed by atoms with Crippen molar-refractivity contribution in [2.45, 2.75) is 33.6 Å². The molecule has 0 aliphatic carbocycles. The minimum Gasteiger partial charge on any atom is -0.369 e. The van der Waals surface area contributed by atoms with E-state index in [1.54, 1.807) is 0 Å². The zero-order valence-corrected chi connectivity index (χ0v) is 13.5. The molecule has 0 saturated carbocycles. The predicted octanol–water partition coefficient (Wildman–Crippen LogP) is 2.88. The van der Waals surface area contributed by atoms with Crippen LogP contribution in [0.15, 0.2) is 18.2 Å². The molecular weight excluding hydrogens is 262 g/mol. The van der Waals surface area contributed by atoms with Gasteiger partial charge in [-0.05, 0) is 43.7 Å². The predicted molar refractivity (Wildman–Crippen MR) is 89.0 cm³/mol. The Kier molecular flexibility index (Phi) is 5.62. The molecule has 1 aromatic rings. The van der Waals surface area contributed by atoms with Gasteiger partial charge < -0.3 is 15.1 Å². The lowest BCUT2D eigenvalue weighted by Gasteiger charge is -2.35. The van der Waals surface area contributed by atoms with Gasteiger partial charge in [0.2, 0.25) is 5.91 Å². The van der Waals surface area contributed by atoms with E-state index < -0.39 is 0 Å². The number of hydrogen-bond donors (Lipinski definition) is 1. The normalized spacial score (nSPS) is 16.0. The highest BCUT2D eigenvalue weighted by Gasteiger charge is 2.16. The van der Waals surface area contributed by atoms with Crippen molar-refractivity contribution in [1.82, 2.24) is 4.90 Å². The Balaban J connectivity index is 2.00. The molecule has 1 amide bonds. The molecule has 0 spiro atoms. The SMILES string of the molecule is CCCC(=O)Nc1ccc(N2CCN(CC)CC2)cc1C. The molecule has 116 valence electrons. The van der Waals surface area contributed by atoms with Gasteiger partial charge in [-0.1, -0.05) is 13.8 Å². The molecule has 0 bridgehead atoms. The molecular formula is C17H27N3O. The summed E-state index contributed by atoms with van der Waals surface area (Å²) in [5.41, 5.74) is 3.33. The lowest BCUT2D eigenvalue weighted by molar-refractivity contribution is -0.116. The number of anilines is 2. The van der Waals surface area contributed by atoms with Crippen molar-refractivity contribution in [2.75, 3.05) is 42.9 Å². The smallest absolute Gasteiger partial charge is 0.224 e. The average molecular weight is 289 g/mol. The first-order valence-corrected chi connectivity index (χ1v) is 8.01. The third-order valence-electron chi connectivity index (χ3n) is 4.15. The molecule has 0 atom stereocenters. The molecule has 0 aromatic heterocycles. The first kappa shape index (κ1) is 15.8. The number of hydrogen-bond acceptors (Lipinski definition) is 3. The maximum atomic E-state index is 11.7. The summed E-state index contributed by atoms with van der Waals surface area (Å²) in [6.45, 7) is 11.8. The fourth-order valence-electron chi connectivity index (χ4n) is 2.75. The van der Waals surface area contributed by atoms with Gasteiger partial charge in [0.15, 0.2) is 0 Å². The maximum absolute atomic E-state index is 11.7. The van der Waals surface area contributed by atoms with Crippen LogP contribution in [0.5, 0.6) is 0 Å². The van der Waals surface area contributed by atoms with Gasteiger partial charge in [0.05, 0.1) is 0 Å². The minimum atomic E-state index is 0.102. The van der Waals surface area contributed by atoms with Crippen molar-refractivity contribution in [3.05, 3.63) is 23.8 Å². The van der Waals surface area contributed by atoms with Gasteiger partial charge >= 0.3 is 0 Å². The van der Waals surface area contributed by atoms with E-state index in [0.717, 1.165) is 50.4 Å². The molecule has 4 heteroatoms. The Bertz CT molecular complexity index is 479. The lowest BCUT2D eigenvalue weighted by atomic mass is 10.1. The number of benzene rings is 1. The first-order valence-electron chi connectivity index (χ1n) is 8.01. The van der Waals surface area contributed by atoms with Crippen LogP contribution < -0.4 is 10.2 Å². The van der Waals surface area contributed by atoms with Crippen molar-refractivity contribution in [3.8, 4) is 0 Å². The summed E-state index contributed by atoms with van der Waals surface area (Å²) < 4.78 is 0. The monoisotopic (exact) mass is 289 g/mol. The Morgan fingerprint density at radius 2 is 1.90 bits per heavy atom. The van der Waals surface area contributed by atoms with E-state index in [9.17, 15) is 4.79 Å². The summed E-state index contributed by atoms with van der Waals surface area (Å²) in [4.78, 5) is 16.6. The molecule has 1 fully saturated rings. The average Bonchev–Trinajstić information content (AvgIpc) is 2.50. The molecule has 21 heavy (non-hydrogen) atoms. The highest BCUT2D eigenvalue weighted by Crippen LogP contribution is 2.24. The van der Waals surface area contributed by atoms with Gasteiger partial charge in [-0.2, -0.15) is 0 Å². The highest BCUT2D eigenvalue weighted by atomic mass is 16.1. The Labute approximate surface area is 128 Å². The van der Waals surface area contributed by atoms with E-state index in [2.05, 4.69) is 41.1 Å². The quantitative estimate of drug-likeness (QED) is 0.905. The number of nitrogens with one attached hydrogen (secondary N) is 1. The topological polar surface area (TPSA) is 35.6 Å². The first-order chi connectivity index (χ1) is 10.1. The maximum Gasteiger partial charge on any atom is 0.224 e. The fourth-order valence-corrected chi connectivity index (χ4v) is 2.75. The van der Waals surface area contributed by atoms with Crippen LogP contribution in [0, 0.1) is 6.92 Å². The van der Waals surface area contributed by atoms with Crippen molar-refractivity contribution in [1.29, 1.82) is 0 Å². The van der Waals surface area contributed by atoms with Crippen LogP contribution in [0.25, 0.3) is 0 Å². The van der Waals surface area contributed by atoms with Crippen molar-refractivity contribution in [2.24, 2.45) is 0 Å². The van der Waals surface area contributed by atoms with Crippen LogP contribution in [0.3, 0.4) is 0 Å². The zero-order valence-electron chi connectivity index (χ0n) is 13.5.